The zero-order chi connectivity index (χ0) is 31.5. The van der Waals surface area contributed by atoms with Crippen molar-refractivity contribution in [1.82, 2.24) is 25.8 Å². The molecule has 0 radical (unpaired) electrons. The van der Waals surface area contributed by atoms with Crippen molar-refractivity contribution in [2.45, 2.75) is 90.1 Å². The second-order valence-electron chi connectivity index (χ2n) is 11.3. The Hall–Kier alpha value is -2.77. The molecule has 4 amide bonds. The lowest BCUT2D eigenvalue weighted by Gasteiger charge is -2.39. The molecule has 13 heteroatoms. The Morgan fingerprint density at radius 1 is 1.07 bits per heavy atom. The smallest absolute Gasteiger partial charge is 0.322 e. The minimum atomic E-state index is -1.15. The van der Waals surface area contributed by atoms with E-state index < -0.39 is 48.1 Å². The van der Waals surface area contributed by atoms with Crippen molar-refractivity contribution in [2.75, 3.05) is 47.9 Å². The second kappa shape index (κ2) is 16.6. The van der Waals surface area contributed by atoms with Gasteiger partial charge in [0.1, 0.15) is 6.54 Å². The van der Waals surface area contributed by atoms with Crippen LogP contribution in [0.2, 0.25) is 0 Å². The first-order chi connectivity index (χ1) is 19.2. The molecular weight excluding hydrogens is 534 g/mol. The number of hydrogen-bond donors (Lipinski definition) is 4. The van der Waals surface area contributed by atoms with Gasteiger partial charge >= 0.3 is 5.97 Å². The van der Waals surface area contributed by atoms with Crippen LogP contribution < -0.4 is 16.0 Å². The molecule has 1 fully saturated rings. The van der Waals surface area contributed by atoms with E-state index in [1.54, 1.807) is 44.7 Å². The molecule has 0 spiro atoms. The summed E-state index contributed by atoms with van der Waals surface area (Å²) in [6.45, 7) is 8.87. The number of nitrogens with zero attached hydrogens (tertiary/aromatic N) is 2. The lowest BCUT2D eigenvalue weighted by atomic mass is 9.90. The highest BCUT2D eigenvalue weighted by atomic mass is 16.5. The Morgan fingerprint density at radius 2 is 1.71 bits per heavy atom. The van der Waals surface area contributed by atoms with Gasteiger partial charge < -0.3 is 40.3 Å². The third-order valence-electron chi connectivity index (χ3n) is 8.31. The molecule has 1 aliphatic rings. The summed E-state index contributed by atoms with van der Waals surface area (Å²) in [5, 5.41) is 16.9. The molecule has 4 N–H and O–H groups in total. The SMILES string of the molecule is CC[C@H](C)C([C@@H](CC(=O)N1CCC[C@H]1C(OC)[C@@H](C)C(=O)NCC(=O)O)OC)N(C)C(=O)CNC(=O)C(C)(C)NC. The summed E-state index contributed by atoms with van der Waals surface area (Å²) in [5.41, 5.74) is -0.836. The normalized spacial score (nSPS) is 19.0. The molecule has 1 rings (SSSR count). The van der Waals surface area contributed by atoms with Crippen molar-refractivity contribution in [3.05, 3.63) is 0 Å². The van der Waals surface area contributed by atoms with Crippen LogP contribution in [0.4, 0.5) is 0 Å². The molecule has 1 aliphatic heterocycles. The van der Waals surface area contributed by atoms with Gasteiger partial charge in [-0.05, 0) is 39.7 Å². The number of carboxylic acids is 1. The molecular formula is C28H51N5O8. The highest BCUT2D eigenvalue weighted by molar-refractivity contribution is 5.89. The molecule has 0 saturated carbocycles. The van der Waals surface area contributed by atoms with Crippen LogP contribution >= 0.6 is 0 Å². The number of likely N-dealkylation sites (tertiary alicyclic amines) is 1. The monoisotopic (exact) mass is 585 g/mol. The highest BCUT2D eigenvalue weighted by Crippen LogP contribution is 2.29. The van der Waals surface area contributed by atoms with Gasteiger partial charge in [0.15, 0.2) is 0 Å². The Labute approximate surface area is 244 Å². The summed E-state index contributed by atoms with van der Waals surface area (Å²) in [6, 6.07) is -0.807. The van der Waals surface area contributed by atoms with E-state index in [4.69, 9.17) is 14.6 Å². The number of nitrogens with one attached hydrogen (secondary N) is 3. The van der Waals surface area contributed by atoms with Gasteiger partial charge in [-0.25, -0.2) is 0 Å². The van der Waals surface area contributed by atoms with Gasteiger partial charge in [0.25, 0.3) is 0 Å². The third-order valence-corrected chi connectivity index (χ3v) is 8.31. The topological polar surface area (TPSA) is 167 Å². The van der Waals surface area contributed by atoms with Gasteiger partial charge in [-0.15, -0.1) is 0 Å². The number of ether oxygens (including phenoxy) is 2. The fraction of sp³-hybridized carbons (Fsp3) is 0.821. The summed E-state index contributed by atoms with van der Waals surface area (Å²) >= 11 is 0. The van der Waals surface area contributed by atoms with Crippen LogP contribution in [0.5, 0.6) is 0 Å². The maximum absolute atomic E-state index is 13.7. The molecule has 236 valence electrons. The van der Waals surface area contributed by atoms with Crippen LogP contribution in [0.25, 0.3) is 0 Å². The average molecular weight is 586 g/mol. The van der Waals surface area contributed by atoms with Gasteiger partial charge in [-0.2, -0.15) is 0 Å². The summed E-state index contributed by atoms with van der Waals surface area (Å²) in [7, 11) is 6.31. The van der Waals surface area contributed by atoms with Gasteiger partial charge in [-0.3, -0.25) is 24.0 Å². The van der Waals surface area contributed by atoms with Crippen molar-refractivity contribution in [3.63, 3.8) is 0 Å². The Kier molecular flexibility index (Phi) is 14.7. The first-order valence-electron chi connectivity index (χ1n) is 14.2. The molecule has 6 atom stereocenters. The van der Waals surface area contributed by atoms with Gasteiger partial charge in [0.2, 0.25) is 23.6 Å². The number of methoxy groups -OCH3 is 2. The van der Waals surface area contributed by atoms with Crippen molar-refractivity contribution in [2.24, 2.45) is 11.8 Å². The van der Waals surface area contributed by atoms with Crippen LogP contribution in [0.1, 0.15) is 60.3 Å². The largest absolute Gasteiger partial charge is 0.480 e. The number of carbonyl (C=O) groups excluding carboxylic acids is 4. The first-order valence-corrected chi connectivity index (χ1v) is 14.2. The van der Waals surface area contributed by atoms with Crippen LogP contribution in [-0.4, -0.2) is 122 Å². The Balaban J connectivity index is 3.05. The number of hydrogen-bond acceptors (Lipinski definition) is 8. The maximum atomic E-state index is 13.7. The number of rotatable bonds is 17. The molecule has 0 aliphatic carbocycles. The summed E-state index contributed by atoms with van der Waals surface area (Å²) < 4.78 is 11.5. The van der Waals surface area contributed by atoms with E-state index in [-0.39, 0.29) is 42.6 Å². The van der Waals surface area contributed by atoms with Crippen LogP contribution in [0.3, 0.4) is 0 Å². The summed E-state index contributed by atoms with van der Waals surface area (Å²) in [6.07, 6.45) is 0.859. The molecule has 1 heterocycles. The molecule has 13 nitrogen and oxygen atoms in total. The van der Waals surface area contributed by atoms with Gasteiger partial charge in [-0.1, -0.05) is 27.2 Å². The summed E-state index contributed by atoms with van der Waals surface area (Å²) in [5.74, 6) is -3.09. The van der Waals surface area contributed by atoms with Crippen molar-refractivity contribution < 1.29 is 38.6 Å². The molecule has 41 heavy (non-hydrogen) atoms. The van der Waals surface area contributed by atoms with Gasteiger partial charge in [0.05, 0.1) is 48.7 Å². The molecule has 0 bridgehead atoms. The van der Waals surface area contributed by atoms with Crippen LogP contribution in [-0.2, 0) is 33.4 Å². The minimum Gasteiger partial charge on any atom is -0.480 e. The molecule has 0 aromatic heterocycles. The Bertz CT molecular complexity index is 914. The van der Waals surface area contributed by atoms with Crippen molar-refractivity contribution >= 4 is 29.6 Å². The van der Waals surface area contributed by atoms with E-state index in [9.17, 15) is 24.0 Å². The van der Waals surface area contributed by atoms with Crippen molar-refractivity contribution in [3.8, 4) is 0 Å². The highest BCUT2D eigenvalue weighted by Gasteiger charge is 2.42. The minimum absolute atomic E-state index is 0.00873. The average Bonchev–Trinajstić information content (AvgIpc) is 3.43. The van der Waals surface area contributed by atoms with Crippen LogP contribution in [0.15, 0.2) is 0 Å². The number of carbonyl (C=O) groups is 5. The molecule has 2 unspecified atom stereocenters. The fourth-order valence-electron chi connectivity index (χ4n) is 5.26. The number of aliphatic carboxylic acids is 1. The predicted octanol–water partition coefficient (Wildman–Crippen LogP) is 0.222. The zero-order valence-electron chi connectivity index (χ0n) is 26.1. The lowest BCUT2D eigenvalue weighted by Crippen LogP contribution is -2.56. The van der Waals surface area contributed by atoms with E-state index in [0.29, 0.717) is 13.0 Å². The predicted molar refractivity (Wildman–Crippen MR) is 153 cm³/mol. The third kappa shape index (κ3) is 9.93. The quantitative estimate of drug-likeness (QED) is 0.187. The number of amides is 4. The van der Waals surface area contributed by atoms with Crippen LogP contribution in [0, 0.1) is 11.8 Å². The number of carboxylic acid groups (broad SMARTS) is 1. The van der Waals surface area contributed by atoms with E-state index >= 15 is 0 Å². The van der Waals surface area contributed by atoms with E-state index in [1.165, 1.54) is 14.2 Å². The molecule has 1 saturated heterocycles. The first kappa shape index (κ1) is 36.3. The van der Waals surface area contributed by atoms with Crippen molar-refractivity contribution in [1.29, 1.82) is 0 Å². The maximum Gasteiger partial charge on any atom is 0.322 e. The standard InChI is InChI=1S/C28H51N5O8/c1-10-17(2)24(32(7)22(35)15-31-27(39)28(4,5)29-6)20(40-8)14-21(34)33-13-11-12-19(33)25(41-9)18(3)26(38)30-16-23(36)37/h17-20,24-25,29H,10-16H2,1-9H3,(H,30,38)(H,31,39)(H,36,37)/t17-,18+,19-,20+,24?,25?/m0/s1. The zero-order valence-corrected chi connectivity index (χ0v) is 26.1. The van der Waals surface area contributed by atoms with Gasteiger partial charge in [0, 0.05) is 27.8 Å². The van der Waals surface area contributed by atoms with E-state index in [2.05, 4.69) is 16.0 Å². The molecule has 0 aromatic rings. The Morgan fingerprint density at radius 3 is 2.22 bits per heavy atom. The second-order valence-corrected chi connectivity index (χ2v) is 11.3. The molecule has 0 aromatic carbocycles. The lowest BCUT2D eigenvalue weighted by molar-refractivity contribution is -0.146. The summed E-state index contributed by atoms with van der Waals surface area (Å²) in [4.78, 5) is 66.0. The van der Waals surface area contributed by atoms with E-state index in [1.807, 2.05) is 13.8 Å². The fourth-order valence-corrected chi connectivity index (χ4v) is 5.26. The van der Waals surface area contributed by atoms with E-state index in [0.717, 1.165) is 12.8 Å². The number of likely N-dealkylation sites (N-methyl/N-ethyl adjacent to an activating group) is 2.